The van der Waals surface area contributed by atoms with E-state index in [1.807, 2.05) is 0 Å². The van der Waals surface area contributed by atoms with E-state index < -0.39 is 0 Å². The maximum absolute atomic E-state index is 12.3. The number of aliphatic hydroxyl groups excluding tert-OH is 1. The number of H-pyrrole nitrogens is 1. The van der Waals surface area contributed by atoms with Crippen molar-refractivity contribution < 1.29 is 9.90 Å². The van der Waals surface area contributed by atoms with Gasteiger partial charge < -0.3 is 10.4 Å². The SMILES string of the molecule is O=C(NCC(CO)CC1CCCCC1)c1ccc2n[nH]nc2c1. The Kier molecular flexibility index (Phi) is 5.23. The Morgan fingerprint density at radius 3 is 2.83 bits per heavy atom. The van der Waals surface area contributed by atoms with Gasteiger partial charge in [0.25, 0.3) is 5.91 Å². The summed E-state index contributed by atoms with van der Waals surface area (Å²) in [6, 6.07) is 5.25. The smallest absolute Gasteiger partial charge is 0.251 e. The molecule has 3 rings (SSSR count). The third-order valence-corrected chi connectivity index (χ3v) is 4.78. The number of carbonyl (C=O) groups is 1. The van der Waals surface area contributed by atoms with Crippen LogP contribution in [0.3, 0.4) is 0 Å². The fraction of sp³-hybridized carbons (Fsp3) is 0.588. The van der Waals surface area contributed by atoms with Crippen LogP contribution in [-0.4, -0.2) is 39.6 Å². The van der Waals surface area contributed by atoms with Crippen molar-refractivity contribution in [1.82, 2.24) is 20.7 Å². The van der Waals surface area contributed by atoms with Gasteiger partial charge in [-0.25, -0.2) is 0 Å². The van der Waals surface area contributed by atoms with E-state index in [-0.39, 0.29) is 18.4 Å². The summed E-state index contributed by atoms with van der Waals surface area (Å²) in [7, 11) is 0. The van der Waals surface area contributed by atoms with Gasteiger partial charge in [0, 0.05) is 18.7 Å². The summed E-state index contributed by atoms with van der Waals surface area (Å²) >= 11 is 0. The number of rotatable bonds is 6. The van der Waals surface area contributed by atoms with E-state index in [9.17, 15) is 9.90 Å². The molecule has 0 bridgehead atoms. The van der Waals surface area contributed by atoms with Gasteiger partial charge in [0.15, 0.2) is 0 Å². The third kappa shape index (κ3) is 4.07. The summed E-state index contributed by atoms with van der Waals surface area (Å²) in [4.78, 5) is 12.3. The molecule has 1 heterocycles. The number of hydrogen-bond acceptors (Lipinski definition) is 4. The van der Waals surface area contributed by atoms with Crippen molar-refractivity contribution in [3.63, 3.8) is 0 Å². The second-order valence-electron chi connectivity index (χ2n) is 6.53. The van der Waals surface area contributed by atoms with Crippen LogP contribution < -0.4 is 5.32 Å². The van der Waals surface area contributed by atoms with Gasteiger partial charge in [-0.2, -0.15) is 15.4 Å². The van der Waals surface area contributed by atoms with E-state index in [0.29, 0.717) is 23.5 Å². The van der Waals surface area contributed by atoms with Gasteiger partial charge in [-0.15, -0.1) is 0 Å². The Morgan fingerprint density at radius 2 is 2.04 bits per heavy atom. The minimum atomic E-state index is -0.128. The molecule has 0 spiro atoms. The summed E-state index contributed by atoms with van der Waals surface area (Å²) in [5.41, 5.74) is 1.99. The molecule has 1 saturated carbocycles. The summed E-state index contributed by atoms with van der Waals surface area (Å²) in [5, 5.41) is 23.0. The van der Waals surface area contributed by atoms with Gasteiger partial charge >= 0.3 is 0 Å². The molecule has 23 heavy (non-hydrogen) atoms. The van der Waals surface area contributed by atoms with Gasteiger partial charge in [-0.05, 0) is 36.5 Å². The molecule has 1 aromatic carbocycles. The molecule has 0 saturated heterocycles. The van der Waals surface area contributed by atoms with Crippen LogP contribution in [0.1, 0.15) is 48.9 Å². The van der Waals surface area contributed by atoms with Crippen LogP contribution in [0.2, 0.25) is 0 Å². The number of carbonyl (C=O) groups excluding carboxylic acids is 1. The van der Waals surface area contributed by atoms with Crippen LogP contribution in [0.15, 0.2) is 18.2 Å². The summed E-state index contributed by atoms with van der Waals surface area (Å²) in [6.45, 7) is 0.641. The molecule has 0 radical (unpaired) electrons. The number of benzene rings is 1. The first-order valence-corrected chi connectivity index (χ1v) is 8.46. The highest BCUT2D eigenvalue weighted by molar-refractivity contribution is 5.97. The van der Waals surface area contributed by atoms with Gasteiger partial charge in [-0.1, -0.05) is 32.1 Å². The van der Waals surface area contributed by atoms with Gasteiger partial charge in [0.2, 0.25) is 0 Å². The third-order valence-electron chi connectivity index (χ3n) is 4.78. The van der Waals surface area contributed by atoms with Crippen LogP contribution in [0.25, 0.3) is 11.0 Å². The lowest BCUT2D eigenvalue weighted by Gasteiger charge is -2.25. The highest BCUT2D eigenvalue weighted by atomic mass is 16.3. The molecule has 1 aromatic heterocycles. The molecule has 1 amide bonds. The fourth-order valence-corrected chi connectivity index (χ4v) is 3.44. The van der Waals surface area contributed by atoms with Crippen LogP contribution in [0, 0.1) is 11.8 Å². The Bertz CT molecular complexity index is 649. The molecule has 1 fully saturated rings. The summed E-state index contributed by atoms with van der Waals surface area (Å²) in [6.07, 6.45) is 7.45. The minimum Gasteiger partial charge on any atom is -0.396 e. The Hall–Kier alpha value is -1.95. The molecule has 1 aliphatic rings. The van der Waals surface area contributed by atoms with E-state index in [4.69, 9.17) is 0 Å². The number of aromatic nitrogens is 3. The normalized spacial score (nSPS) is 17.3. The predicted molar refractivity (Wildman–Crippen MR) is 88.0 cm³/mol. The molecular formula is C17H24N4O2. The lowest BCUT2D eigenvalue weighted by molar-refractivity contribution is 0.0933. The van der Waals surface area contributed by atoms with Crippen molar-refractivity contribution in [1.29, 1.82) is 0 Å². The predicted octanol–water partition coefficient (Wildman–Crippen LogP) is 2.27. The number of aliphatic hydroxyl groups is 1. The minimum absolute atomic E-state index is 0.124. The van der Waals surface area contributed by atoms with Gasteiger partial charge in [0.1, 0.15) is 11.0 Å². The summed E-state index contributed by atoms with van der Waals surface area (Å²) in [5.74, 6) is 0.708. The molecule has 1 unspecified atom stereocenters. The van der Waals surface area contributed by atoms with Crippen LogP contribution in [0.4, 0.5) is 0 Å². The van der Waals surface area contributed by atoms with Crippen LogP contribution in [0.5, 0.6) is 0 Å². The zero-order chi connectivity index (χ0) is 16.1. The number of fused-ring (bicyclic) bond motifs is 1. The number of hydrogen-bond donors (Lipinski definition) is 3. The quantitative estimate of drug-likeness (QED) is 0.762. The standard InChI is InChI=1S/C17H24N4O2/c22-11-13(8-12-4-2-1-3-5-12)10-18-17(23)14-6-7-15-16(9-14)20-21-19-15/h6-7,9,12-13,22H,1-5,8,10-11H2,(H,18,23)(H,19,20,21). The second-order valence-corrected chi connectivity index (χ2v) is 6.53. The van der Waals surface area contributed by atoms with Crippen LogP contribution >= 0.6 is 0 Å². The highest BCUT2D eigenvalue weighted by Gasteiger charge is 2.19. The largest absolute Gasteiger partial charge is 0.396 e. The first kappa shape index (κ1) is 15.9. The molecule has 0 aliphatic heterocycles. The monoisotopic (exact) mass is 316 g/mol. The van der Waals surface area contributed by atoms with Crippen molar-refractivity contribution in [2.75, 3.05) is 13.2 Å². The number of amides is 1. The Morgan fingerprint density at radius 1 is 1.26 bits per heavy atom. The average Bonchev–Trinajstić information content (AvgIpc) is 3.06. The molecule has 1 atom stereocenters. The average molecular weight is 316 g/mol. The molecule has 3 N–H and O–H groups in total. The zero-order valence-corrected chi connectivity index (χ0v) is 13.3. The fourth-order valence-electron chi connectivity index (χ4n) is 3.44. The number of nitrogens with zero attached hydrogens (tertiary/aromatic N) is 2. The molecular weight excluding hydrogens is 292 g/mol. The topological polar surface area (TPSA) is 90.9 Å². The van der Waals surface area contributed by atoms with Crippen molar-refractivity contribution >= 4 is 16.9 Å². The first-order valence-electron chi connectivity index (χ1n) is 8.46. The van der Waals surface area contributed by atoms with E-state index in [0.717, 1.165) is 11.9 Å². The molecule has 6 heteroatoms. The highest BCUT2D eigenvalue weighted by Crippen LogP contribution is 2.28. The lowest BCUT2D eigenvalue weighted by Crippen LogP contribution is -2.32. The van der Waals surface area contributed by atoms with Crippen molar-refractivity contribution in [2.24, 2.45) is 11.8 Å². The zero-order valence-electron chi connectivity index (χ0n) is 13.3. The van der Waals surface area contributed by atoms with Crippen molar-refractivity contribution in [3.8, 4) is 0 Å². The first-order chi connectivity index (χ1) is 11.3. The van der Waals surface area contributed by atoms with E-state index in [1.54, 1.807) is 18.2 Å². The molecule has 6 nitrogen and oxygen atoms in total. The summed E-state index contributed by atoms with van der Waals surface area (Å²) < 4.78 is 0. The second kappa shape index (κ2) is 7.55. The molecule has 1 aliphatic carbocycles. The maximum atomic E-state index is 12.3. The Balaban J connectivity index is 1.53. The van der Waals surface area contributed by atoms with Crippen LogP contribution in [-0.2, 0) is 0 Å². The number of aromatic amines is 1. The van der Waals surface area contributed by atoms with Crippen molar-refractivity contribution in [2.45, 2.75) is 38.5 Å². The van der Waals surface area contributed by atoms with Crippen molar-refractivity contribution in [3.05, 3.63) is 23.8 Å². The lowest BCUT2D eigenvalue weighted by atomic mass is 9.83. The molecule has 124 valence electrons. The maximum Gasteiger partial charge on any atom is 0.251 e. The number of nitrogens with one attached hydrogen (secondary N) is 2. The van der Waals surface area contributed by atoms with Gasteiger partial charge in [-0.3, -0.25) is 4.79 Å². The Labute approximate surface area is 135 Å². The van der Waals surface area contributed by atoms with Gasteiger partial charge in [0.05, 0.1) is 0 Å². The van der Waals surface area contributed by atoms with E-state index >= 15 is 0 Å². The van der Waals surface area contributed by atoms with E-state index in [2.05, 4.69) is 20.7 Å². The molecule has 2 aromatic rings. The van der Waals surface area contributed by atoms with E-state index in [1.165, 1.54) is 32.1 Å².